The van der Waals surface area contributed by atoms with Gasteiger partial charge in [0, 0.05) is 24.6 Å². The van der Waals surface area contributed by atoms with Gasteiger partial charge >= 0.3 is 6.03 Å². The lowest BCUT2D eigenvalue weighted by molar-refractivity contribution is 0.251. The van der Waals surface area contributed by atoms with Gasteiger partial charge in [-0.2, -0.15) is 0 Å². The molecule has 3 aromatic rings. The summed E-state index contributed by atoms with van der Waals surface area (Å²) in [5.74, 6) is -0.0157. The first kappa shape index (κ1) is 18.4. The van der Waals surface area contributed by atoms with Gasteiger partial charge in [0.15, 0.2) is 0 Å². The Morgan fingerprint density at radius 1 is 1.00 bits per heavy atom. The second-order valence-electron chi connectivity index (χ2n) is 6.59. The molecule has 6 nitrogen and oxygen atoms in total. The van der Waals surface area contributed by atoms with E-state index in [2.05, 4.69) is 15.6 Å². The van der Waals surface area contributed by atoms with E-state index in [1.165, 1.54) is 10.8 Å². The first-order valence-corrected chi connectivity index (χ1v) is 8.69. The second-order valence-corrected chi connectivity index (χ2v) is 6.59. The summed E-state index contributed by atoms with van der Waals surface area (Å²) in [6.07, 6.45) is 3.08. The fourth-order valence-corrected chi connectivity index (χ4v) is 2.83. The van der Waals surface area contributed by atoms with Gasteiger partial charge in [-0.05, 0) is 49.6 Å². The zero-order valence-electron chi connectivity index (χ0n) is 15.6. The molecule has 2 aromatic carbocycles. The number of anilines is 1. The predicted octanol–water partition coefficient (Wildman–Crippen LogP) is 3.48. The summed E-state index contributed by atoms with van der Waals surface area (Å²) in [5.41, 5.74) is 4.60. The van der Waals surface area contributed by atoms with Crippen molar-refractivity contribution in [3.8, 4) is 5.69 Å². The van der Waals surface area contributed by atoms with Gasteiger partial charge in [-0.15, -0.1) is 0 Å². The number of rotatable bonds is 4. The van der Waals surface area contributed by atoms with Crippen LogP contribution in [0.4, 0.5) is 10.6 Å². The number of nitrogens with one attached hydrogen (secondary N) is 2. The molecule has 6 heteroatoms. The molecule has 0 unspecified atom stereocenters. The first-order valence-electron chi connectivity index (χ1n) is 8.69. The molecule has 27 heavy (non-hydrogen) atoms. The second kappa shape index (κ2) is 7.86. The highest BCUT2D eigenvalue weighted by molar-refractivity contribution is 5.87. The number of aryl methyl sites for hydroxylation is 3. The topological polar surface area (TPSA) is 76.0 Å². The van der Waals surface area contributed by atoms with Gasteiger partial charge in [0.2, 0.25) is 5.82 Å². The Morgan fingerprint density at radius 3 is 2.33 bits per heavy atom. The molecular formula is C21H22N4O2. The van der Waals surface area contributed by atoms with Gasteiger partial charge in [0.05, 0.1) is 0 Å². The number of nitrogens with zero attached hydrogens (tertiary/aromatic N) is 2. The molecule has 138 valence electrons. The van der Waals surface area contributed by atoms with Crippen molar-refractivity contribution in [1.82, 2.24) is 14.9 Å². The summed E-state index contributed by atoms with van der Waals surface area (Å²) in [6, 6.07) is 13.2. The summed E-state index contributed by atoms with van der Waals surface area (Å²) >= 11 is 0. The van der Waals surface area contributed by atoms with Crippen LogP contribution in [-0.2, 0) is 6.54 Å². The van der Waals surface area contributed by atoms with Gasteiger partial charge in [-0.25, -0.2) is 9.78 Å². The Morgan fingerprint density at radius 2 is 1.67 bits per heavy atom. The van der Waals surface area contributed by atoms with E-state index in [-0.39, 0.29) is 11.4 Å². The predicted molar refractivity (Wildman–Crippen MR) is 106 cm³/mol. The Bertz CT molecular complexity index is 1000. The molecule has 0 atom stereocenters. The minimum Gasteiger partial charge on any atom is -0.334 e. The highest BCUT2D eigenvalue weighted by atomic mass is 16.2. The van der Waals surface area contributed by atoms with Crippen molar-refractivity contribution < 1.29 is 4.79 Å². The van der Waals surface area contributed by atoms with E-state index in [0.717, 1.165) is 27.9 Å². The first-order chi connectivity index (χ1) is 12.9. The minimum absolute atomic E-state index is 0.0157. The largest absolute Gasteiger partial charge is 0.334 e. The van der Waals surface area contributed by atoms with E-state index >= 15 is 0 Å². The number of amides is 2. The fourth-order valence-electron chi connectivity index (χ4n) is 2.83. The molecule has 0 fully saturated rings. The van der Waals surface area contributed by atoms with Crippen LogP contribution >= 0.6 is 0 Å². The highest BCUT2D eigenvalue weighted by Crippen LogP contribution is 2.12. The van der Waals surface area contributed by atoms with Crippen LogP contribution in [0.3, 0.4) is 0 Å². The van der Waals surface area contributed by atoms with Crippen molar-refractivity contribution in [3.05, 3.63) is 87.5 Å². The van der Waals surface area contributed by atoms with E-state index in [9.17, 15) is 9.59 Å². The zero-order valence-corrected chi connectivity index (χ0v) is 15.6. The van der Waals surface area contributed by atoms with Crippen molar-refractivity contribution in [3.63, 3.8) is 0 Å². The molecule has 0 spiro atoms. The molecule has 3 rings (SSSR count). The molecule has 2 amide bonds. The number of carbonyl (C=O) groups is 1. The molecule has 0 aliphatic carbocycles. The third kappa shape index (κ3) is 4.61. The average Bonchev–Trinajstić information content (AvgIpc) is 2.62. The smallest absolute Gasteiger partial charge is 0.320 e. The van der Waals surface area contributed by atoms with Gasteiger partial charge in [-0.3, -0.25) is 14.7 Å². The van der Waals surface area contributed by atoms with Crippen LogP contribution in [0.5, 0.6) is 0 Å². The van der Waals surface area contributed by atoms with Crippen molar-refractivity contribution in [1.29, 1.82) is 0 Å². The monoisotopic (exact) mass is 362 g/mol. The van der Waals surface area contributed by atoms with Crippen LogP contribution in [0.25, 0.3) is 5.69 Å². The quantitative estimate of drug-likeness (QED) is 0.746. The van der Waals surface area contributed by atoms with Gasteiger partial charge in [0.1, 0.15) is 0 Å². The van der Waals surface area contributed by atoms with Crippen LogP contribution in [0.2, 0.25) is 0 Å². The number of hydrogen-bond donors (Lipinski definition) is 2. The Balaban J connectivity index is 1.74. The molecule has 0 saturated heterocycles. The summed E-state index contributed by atoms with van der Waals surface area (Å²) in [6.45, 7) is 6.32. The Kier molecular flexibility index (Phi) is 5.35. The third-order valence-corrected chi connectivity index (χ3v) is 4.13. The Hall–Kier alpha value is -3.41. The standard InChI is InChI=1S/C21H22N4O2/c1-14-4-6-17(7-5-14)13-23-21(27)24-19-20(26)25(9-8-22-19)18-11-15(2)10-16(3)12-18/h4-12H,13H2,1-3H3,(H2,22,23,24,27). The lowest BCUT2D eigenvalue weighted by Crippen LogP contribution is -2.32. The normalized spacial score (nSPS) is 10.5. The number of aromatic nitrogens is 2. The van der Waals surface area contributed by atoms with E-state index < -0.39 is 6.03 Å². The van der Waals surface area contributed by atoms with E-state index in [1.807, 2.05) is 63.2 Å². The van der Waals surface area contributed by atoms with Crippen LogP contribution < -0.4 is 16.2 Å². The molecule has 2 N–H and O–H groups in total. The molecule has 0 aliphatic rings. The molecule has 0 radical (unpaired) electrons. The average molecular weight is 362 g/mol. The fraction of sp³-hybridized carbons (Fsp3) is 0.190. The van der Waals surface area contributed by atoms with Crippen LogP contribution in [0, 0.1) is 20.8 Å². The minimum atomic E-state index is -0.474. The van der Waals surface area contributed by atoms with Crippen LogP contribution in [0.1, 0.15) is 22.3 Å². The van der Waals surface area contributed by atoms with Crippen molar-refractivity contribution in [2.75, 3.05) is 5.32 Å². The number of carbonyl (C=O) groups excluding carboxylic acids is 1. The van der Waals surface area contributed by atoms with Crippen molar-refractivity contribution in [2.45, 2.75) is 27.3 Å². The maximum absolute atomic E-state index is 12.7. The molecular weight excluding hydrogens is 340 g/mol. The Labute approximate surface area is 157 Å². The number of urea groups is 1. The van der Waals surface area contributed by atoms with Gasteiger partial charge in [0.25, 0.3) is 5.56 Å². The highest BCUT2D eigenvalue weighted by Gasteiger charge is 2.10. The molecule has 0 bridgehead atoms. The molecule has 1 heterocycles. The summed E-state index contributed by atoms with van der Waals surface area (Å²) in [4.78, 5) is 28.9. The van der Waals surface area contributed by atoms with Crippen molar-refractivity contribution >= 4 is 11.8 Å². The van der Waals surface area contributed by atoms with E-state index in [0.29, 0.717) is 6.54 Å². The zero-order chi connectivity index (χ0) is 19.4. The van der Waals surface area contributed by atoms with Crippen LogP contribution in [-0.4, -0.2) is 15.6 Å². The van der Waals surface area contributed by atoms with E-state index in [4.69, 9.17) is 0 Å². The molecule has 0 saturated carbocycles. The molecule has 0 aliphatic heterocycles. The summed E-state index contributed by atoms with van der Waals surface area (Å²) in [7, 11) is 0. The SMILES string of the molecule is Cc1ccc(CNC(=O)Nc2nccn(-c3cc(C)cc(C)c3)c2=O)cc1. The maximum Gasteiger partial charge on any atom is 0.320 e. The van der Waals surface area contributed by atoms with Crippen molar-refractivity contribution in [2.24, 2.45) is 0 Å². The maximum atomic E-state index is 12.7. The van der Waals surface area contributed by atoms with E-state index in [1.54, 1.807) is 6.20 Å². The van der Waals surface area contributed by atoms with Crippen LogP contribution in [0.15, 0.2) is 59.7 Å². The van der Waals surface area contributed by atoms with Gasteiger partial charge in [-0.1, -0.05) is 35.9 Å². The van der Waals surface area contributed by atoms with Gasteiger partial charge < -0.3 is 5.32 Å². The molecule has 1 aromatic heterocycles. The lowest BCUT2D eigenvalue weighted by Gasteiger charge is -2.11. The number of benzene rings is 2. The third-order valence-electron chi connectivity index (χ3n) is 4.13. The summed E-state index contributed by atoms with van der Waals surface area (Å²) < 4.78 is 1.47. The summed E-state index contributed by atoms with van der Waals surface area (Å²) in [5, 5.41) is 5.27. The number of hydrogen-bond acceptors (Lipinski definition) is 3. The lowest BCUT2D eigenvalue weighted by atomic mass is 10.1.